The molecule has 0 spiro atoms. The minimum atomic E-state index is -3.48. The van der Waals surface area contributed by atoms with Crippen molar-refractivity contribution in [3.63, 3.8) is 0 Å². The van der Waals surface area contributed by atoms with Crippen LogP contribution >= 0.6 is 54.5 Å². The molecule has 2 aromatic carbocycles. The molecule has 0 bridgehead atoms. The van der Waals surface area contributed by atoms with Crippen molar-refractivity contribution in [3.05, 3.63) is 57.5 Å². The summed E-state index contributed by atoms with van der Waals surface area (Å²) in [7, 11) is -3.48. The van der Waals surface area contributed by atoms with Gasteiger partial charge in [0.2, 0.25) is 9.84 Å². The minimum Gasteiger partial charge on any atom is -0.217 e. The lowest BCUT2D eigenvalue weighted by Crippen LogP contribution is -1.95. The van der Waals surface area contributed by atoms with Gasteiger partial charge in [0.05, 0.1) is 0 Å². The molecule has 7 heteroatoms. The topological polar surface area (TPSA) is 34.1 Å². The van der Waals surface area contributed by atoms with Gasteiger partial charge < -0.3 is 0 Å². The monoisotopic (exact) mass is 486 g/mol. The van der Waals surface area contributed by atoms with Crippen LogP contribution in [0.15, 0.2) is 65.9 Å². The Hall–Kier alpha value is -0.730. The first-order valence-corrected chi connectivity index (χ1v) is 11.3. The zero-order chi connectivity index (χ0) is 16.2. The van der Waals surface area contributed by atoms with E-state index >= 15 is 0 Å². The van der Waals surface area contributed by atoms with E-state index in [1.807, 2.05) is 36.4 Å². The second-order valence-corrected chi connectivity index (χ2v) is 11.4. The molecule has 0 fully saturated rings. The molecular formula is C16H8Br2O2S3. The molecule has 2 heterocycles. The van der Waals surface area contributed by atoms with Crippen molar-refractivity contribution >= 4 is 84.5 Å². The molecule has 0 saturated carbocycles. The third-order valence-corrected chi connectivity index (χ3v) is 9.33. The summed E-state index contributed by atoms with van der Waals surface area (Å²) in [5, 5.41) is 1.89. The van der Waals surface area contributed by atoms with E-state index in [-0.39, 0.29) is 0 Å². The zero-order valence-electron chi connectivity index (χ0n) is 11.4. The number of hydrogen-bond acceptors (Lipinski definition) is 4. The molecule has 0 aliphatic carbocycles. The Balaban J connectivity index is 1.89. The van der Waals surface area contributed by atoms with Crippen LogP contribution in [0.3, 0.4) is 0 Å². The summed E-state index contributed by atoms with van der Waals surface area (Å²) in [4.78, 5) is 0. The van der Waals surface area contributed by atoms with E-state index in [0.29, 0.717) is 8.42 Å². The van der Waals surface area contributed by atoms with Crippen LogP contribution in [-0.2, 0) is 9.84 Å². The van der Waals surface area contributed by atoms with Crippen LogP contribution in [0.1, 0.15) is 0 Å². The molecule has 0 N–H and O–H groups in total. The third kappa shape index (κ3) is 2.78. The lowest BCUT2D eigenvalue weighted by molar-refractivity contribution is 0.600. The van der Waals surface area contributed by atoms with Gasteiger partial charge in [-0.25, -0.2) is 8.42 Å². The Morgan fingerprint density at radius 1 is 0.696 bits per heavy atom. The van der Waals surface area contributed by atoms with Crippen molar-refractivity contribution in [1.82, 2.24) is 0 Å². The highest BCUT2D eigenvalue weighted by Crippen LogP contribution is 2.38. The van der Waals surface area contributed by atoms with Crippen LogP contribution in [0.25, 0.3) is 20.2 Å². The summed E-state index contributed by atoms with van der Waals surface area (Å²) in [6, 6.07) is 15.1. The predicted molar refractivity (Wildman–Crippen MR) is 105 cm³/mol. The van der Waals surface area contributed by atoms with E-state index < -0.39 is 9.84 Å². The van der Waals surface area contributed by atoms with Gasteiger partial charge in [0.1, 0.15) is 8.42 Å². The van der Waals surface area contributed by atoms with E-state index in [1.165, 1.54) is 22.7 Å². The predicted octanol–water partition coefficient (Wildman–Crippen LogP) is 6.47. The third-order valence-electron chi connectivity index (χ3n) is 3.45. The maximum atomic E-state index is 12.9. The first-order chi connectivity index (χ1) is 10.9. The fourth-order valence-electron chi connectivity index (χ4n) is 2.33. The number of hydrogen-bond donors (Lipinski definition) is 0. The fourth-order valence-corrected chi connectivity index (χ4v) is 7.89. The van der Waals surface area contributed by atoms with Crippen molar-refractivity contribution in [3.8, 4) is 0 Å². The van der Waals surface area contributed by atoms with E-state index in [0.717, 1.165) is 29.1 Å². The summed E-state index contributed by atoms with van der Waals surface area (Å²) < 4.78 is 30.5. The Bertz CT molecular complexity index is 1070. The van der Waals surface area contributed by atoms with Crippen LogP contribution in [0.5, 0.6) is 0 Å². The number of benzene rings is 2. The SMILES string of the molecule is O=S(=O)(c1cc2ccc(Br)cc2s1)c1cc2ccc(Br)cc2s1. The second-order valence-electron chi connectivity index (χ2n) is 5.00. The molecular weight excluding hydrogens is 480 g/mol. The highest BCUT2D eigenvalue weighted by atomic mass is 79.9. The molecule has 0 radical (unpaired) electrons. The van der Waals surface area contributed by atoms with Gasteiger partial charge >= 0.3 is 0 Å². The van der Waals surface area contributed by atoms with E-state index in [2.05, 4.69) is 31.9 Å². The molecule has 0 saturated heterocycles. The summed E-state index contributed by atoms with van der Waals surface area (Å²) in [6.45, 7) is 0. The molecule has 0 aliphatic rings. The van der Waals surface area contributed by atoms with Crippen LogP contribution < -0.4 is 0 Å². The second kappa shape index (κ2) is 5.67. The summed E-state index contributed by atoms with van der Waals surface area (Å²) in [6.07, 6.45) is 0. The molecule has 116 valence electrons. The van der Waals surface area contributed by atoms with Gasteiger partial charge in [0.25, 0.3) is 0 Å². The maximum absolute atomic E-state index is 12.9. The Morgan fingerprint density at radius 3 is 1.57 bits per heavy atom. The van der Waals surface area contributed by atoms with Crippen LogP contribution in [0.2, 0.25) is 0 Å². The minimum absolute atomic E-state index is 0.385. The lowest BCUT2D eigenvalue weighted by Gasteiger charge is -1.95. The maximum Gasteiger partial charge on any atom is 0.225 e. The molecule has 2 nitrogen and oxygen atoms in total. The average Bonchev–Trinajstić information content (AvgIpc) is 3.10. The first kappa shape index (κ1) is 15.8. The molecule has 0 amide bonds. The van der Waals surface area contributed by atoms with Crippen LogP contribution in [0.4, 0.5) is 0 Å². The lowest BCUT2D eigenvalue weighted by atomic mass is 10.3. The quantitative estimate of drug-likeness (QED) is 0.324. The standard InChI is InChI=1S/C16H8Br2O2S3/c17-11-3-1-9-5-15(21-13(9)7-11)23(19,20)16-6-10-2-4-12(18)8-14(10)22-16/h1-8H. The van der Waals surface area contributed by atoms with Gasteiger partial charge in [-0.1, -0.05) is 44.0 Å². The van der Waals surface area contributed by atoms with Gasteiger partial charge in [-0.3, -0.25) is 0 Å². The Kier molecular flexibility index (Phi) is 3.89. The van der Waals surface area contributed by atoms with Crippen molar-refractivity contribution < 1.29 is 8.42 Å². The fraction of sp³-hybridized carbons (Fsp3) is 0. The van der Waals surface area contributed by atoms with Crippen molar-refractivity contribution in [1.29, 1.82) is 0 Å². The molecule has 23 heavy (non-hydrogen) atoms. The van der Waals surface area contributed by atoms with Crippen molar-refractivity contribution in [2.24, 2.45) is 0 Å². The molecule has 4 aromatic rings. The molecule has 0 unspecified atom stereocenters. The number of fused-ring (bicyclic) bond motifs is 2. The number of halogens is 2. The van der Waals surface area contributed by atoms with Crippen molar-refractivity contribution in [2.45, 2.75) is 8.42 Å². The zero-order valence-corrected chi connectivity index (χ0v) is 17.0. The molecule has 2 aromatic heterocycles. The number of thiophene rings is 2. The van der Waals surface area contributed by atoms with E-state index in [4.69, 9.17) is 0 Å². The van der Waals surface area contributed by atoms with Crippen LogP contribution in [0, 0.1) is 0 Å². The smallest absolute Gasteiger partial charge is 0.217 e. The first-order valence-electron chi connectivity index (χ1n) is 6.57. The molecule has 4 rings (SSSR count). The van der Waals surface area contributed by atoms with Gasteiger partial charge in [-0.15, -0.1) is 22.7 Å². The summed E-state index contributed by atoms with van der Waals surface area (Å²) in [5.74, 6) is 0. The number of rotatable bonds is 2. The van der Waals surface area contributed by atoms with E-state index in [9.17, 15) is 8.42 Å². The van der Waals surface area contributed by atoms with Crippen molar-refractivity contribution in [2.75, 3.05) is 0 Å². The highest BCUT2D eigenvalue weighted by molar-refractivity contribution is 9.10. The van der Waals surface area contributed by atoms with Gasteiger partial charge in [0, 0.05) is 18.3 Å². The Labute approximate surface area is 157 Å². The van der Waals surface area contributed by atoms with E-state index in [1.54, 1.807) is 12.1 Å². The van der Waals surface area contributed by atoms with Gasteiger partial charge in [-0.05, 0) is 47.2 Å². The Morgan fingerprint density at radius 2 is 1.13 bits per heavy atom. The summed E-state index contributed by atoms with van der Waals surface area (Å²) in [5.41, 5.74) is 0. The van der Waals surface area contributed by atoms with Crippen LogP contribution in [-0.4, -0.2) is 8.42 Å². The van der Waals surface area contributed by atoms with Gasteiger partial charge in [0.15, 0.2) is 0 Å². The molecule has 0 aliphatic heterocycles. The molecule has 0 atom stereocenters. The van der Waals surface area contributed by atoms with Gasteiger partial charge in [-0.2, -0.15) is 0 Å². The normalized spacial score (nSPS) is 12.3. The largest absolute Gasteiger partial charge is 0.225 e. The summed E-state index contributed by atoms with van der Waals surface area (Å²) >= 11 is 9.46. The average molecular weight is 488 g/mol. The highest BCUT2D eigenvalue weighted by Gasteiger charge is 2.23. The number of sulfone groups is 1.